The normalized spacial score (nSPS) is 31.9. The number of hydrogen-bond donors (Lipinski definition) is 1. The van der Waals surface area contributed by atoms with E-state index < -0.39 is 0 Å². The average molecular weight is 261 g/mol. The van der Waals surface area contributed by atoms with E-state index in [1.165, 1.54) is 31.4 Å². The summed E-state index contributed by atoms with van der Waals surface area (Å²) in [6.45, 7) is 6.85. The summed E-state index contributed by atoms with van der Waals surface area (Å²) in [4.78, 5) is 4.41. The Labute approximate surface area is 116 Å². The van der Waals surface area contributed by atoms with Crippen LogP contribution in [0.4, 0.5) is 0 Å². The predicted molar refractivity (Wildman–Crippen MR) is 78.0 cm³/mol. The van der Waals surface area contributed by atoms with Crippen molar-refractivity contribution >= 4 is 0 Å². The molecular weight excluding hydrogens is 234 g/mol. The first-order valence-corrected chi connectivity index (χ1v) is 7.74. The quantitative estimate of drug-likeness (QED) is 0.901. The van der Waals surface area contributed by atoms with Crippen LogP contribution in [0.15, 0.2) is 12.5 Å². The van der Waals surface area contributed by atoms with Gasteiger partial charge in [-0.25, -0.2) is 4.98 Å². The fraction of sp³-hybridized carbons (Fsp3) is 0.812. The van der Waals surface area contributed by atoms with Crippen LogP contribution >= 0.6 is 0 Å². The zero-order chi connectivity index (χ0) is 13.6. The minimum atomic E-state index is -0.0115. The largest absolute Gasteiger partial charge is 0.330 e. The molecule has 1 aromatic heterocycles. The molecule has 1 heterocycles. The summed E-state index contributed by atoms with van der Waals surface area (Å²) < 4.78 is 2.42. The van der Waals surface area contributed by atoms with Gasteiger partial charge in [0.1, 0.15) is 0 Å². The number of rotatable bonds is 4. The topological polar surface area (TPSA) is 29.9 Å². The lowest BCUT2D eigenvalue weighted by atomic mass is 9.83. The van der Waals surface area contributed by atoms with Gasteiger partial charge in [-0.15, -0.1) is 0 Å². The fourth-order valence-corrected chi connectivity index (χ4v) is 4.33. The van der Waals surface area contributed by atoms with E-state index in [-0.39, 0.29) is 5.54 Å². The van der Waals surface area contributed by atoms with Crippen molar-refractivity contribution in [1.29, 1.82) is 0 Å². The van der Waals surface area contributed by atoms with Crippen molar-refractivity contribution in [2.24, 2.45) is 17.8 Å². The summed E-state index contributed by atoms with van der Waals surface area (Å²) in [5.41, 5.74) is 1.30. The first-order valence-electron chi connectivity index (χ1n) is 7.74. The summed E-state index contributed by atoms with van der Waals surface area (Å²) >= 11 is 0. The molecule has 0 spiro atoms. The summed E-state index contributed by atoms with van der Waals surface area (Å²) in [6, 6.07) is 0.584. The molecule has 2 aliphatic rings. The molecule has 0 aromatic carbocycles. The van der Waals surface area contributed by atoms with Crippen LogP contribution in [0, 0.1) is 17.8 Å². The Kier molecular flexibility index (Phi) is 3.20. The maximum Gasteiger partial charge on any atom is 0.0951 e. The molecule has 0 aliphatic heterocycles. The van der Waals surface area contributed by atoms with Crippen molar-refractivity contribution < 1.29 is 0 Å². The monoisotopic (exact) mass is 261 g/mol. The zero-order valence-electron chi connectivity index (χ0n) is 12.7. The highest BCUT2D eigenvalue weighted by Crippen LogP contribution is 2.52. The first-order chi connectivity index (χ1) is 9.03. The van der Waals surface area contributed by atoms with Gasteiger partial charge in [0.2, 0.25) is 0 Å². The van der Waals surface area contributed by atoms with E-state index in [0.29, 0.717) is 6.04 Å². The van der Waals surface area contributed by atoms with Gasteiger partial charge in [-0.1, -0.05) is 6.42 Å². The average Bonchev–Trinajstić information content (AvgIpc) is 3.12. The molecule has 0 radical (unpaired) electrons. The molecule has 3 rings (SSSR count). The molecule has 106 valence electrons. The number of nitrogens with one attached hydrogen (secondary N) is 1. The molecule has 3 heteroatoms. The van der Waals surface area contributed by atoms with E-state index in [1.54, 1.807) is 0 Å². The molecule has 4 atom stereocenters. The standard InChI is InChI=1S/C16H27N3/c1-11(14-8-12-5-6-13(14)7-12)19-10-18-9-15(19)16(2,3)17-4/h9-14,17H,5-8H2,1-4H3. The van der Waals surface area contributed by atoms with Crippen LogP contribution in [0.25, 0.3) is 0 Å². The van der Waals surface area contributed by atoms with Crippen LogP contribution in [0.2, 0.25) is 0 Å². The third kappa shape index (κ3) is 2.12. The van der Waals surface area contributed by atoms with Crippen LogP contribution in [-0.2, 0) is 5.54 Å². The Morgan fingerprint density at radius 1 is 1.37 bits per heavy atom. The van der Waals surface area contributed by atoms with Gasteiger partial charge in [-0.3, -0.25) is 0 Å². The van der Waals surface area contributed by atoms with Crippen LogP contribution in [0.1, 0.15) is 58.2 Å². The molecule has 0 amide bonds. The number of imidazole rings is 1. The second kappa shape index (κ2) is 4.62. The van der Waals surface area contributed by atoms with Gasteiger partial charge >= 0.3 is 0 Å². The van der Waals surface area contributed by atoms with E-state index in [9.17, 15) is 0 Å². The highest BCUT2D eigenvalue weighted by atomic mass is 15.1. The van der Waals surface area contributed by atoms with Crippen molar-refractivity contribution in [2.45, 2.75) is 58.0 Å². The molecular formula is C16H27N3. The SMILES string of the molecule is CNC(C)(C)c1cncn1C(C)C1CC2CCC1C2. The smallest absolute Gasteiger partial charge is 0.0951 e. The second-order valence-corrected chi connectivity index (χ2v) is 7.14. The summed E-state index contributed by atoms with van der Waals surface area (Å²) in [6.07, 6.45) is 9.91. The minimum Gasteiger partial charge on any atom is -0.330 e. The number of nitrogens with zero attached hydrogens (tertiary/aromatic N) is 2. The van der Waals surface area contributed by atoms with Crippen molar-refractivity contribution in [3.63, 3.8) is 0 Å². The summed E-state index contributed by atoms with van der Waals surface area (Å²) in [7, 11) is 2.03. The van der Waals surface area contributed by atoms with E-state index >= 15 is 0 Å². The number of aromatic nitrogens is 2. The molecule has 19 heavy (non-hydrogen) atoms. The predicted octanol–water partition coefficient (Wildman–Crippen LogP) is 3.33. The van der Waals surface area contributed by atoms with Gasteiger partial charge in [-0.2, -0.15) is 0 Å². The second-order valence-electron chi connectivity index (χ2n) is 7.14. The van der Waals surface area contributed by atoms with Crippen molar-refractivity contribution in [1.82, 2.24) is 14.9 Å². The molecule has 2 aliphatic carbocycles. The highest BCUT2D eigenvalue weighted by molar-refractivity contribution is 5.13. The van der Waals surface area contributed by atoms with Crippen LogP contribution in [0.5, 0.6) is 0 Å². The Morgan fingerprint density at radius 2 is 2.16 bits per heavy atom. The lowest BCUT2D eigenvalue weighted by molar-refractivity contribution is 0.231. The molecule has 1 N–H and O–H groups in total. The van der Waals surface area contributed by atoms with E-state index in [1.807, 2.05) is 19.6 Å². The Morgan fingerprint density at radius 3 is 2.74 bits per heavy atom. The molecule has 2 saturated carbocycles. The van der Waals surface area contributed by atoms with Crippen molar-refractivity contribution in [3.8, 4) is 0 Å². The first kappa shape index (κ1) is 13.2. The minimum absolute atomic E-state index is 0.0115. The summed E-state index contributed by atoms with van der Waals surface area (Å²) in [5, 5.41) is 3.40. The van der Waals surface area contributed by atoms with E-state index in [0.717, 1.165) is 17.8 Å². The number of fused-ring (bicyclic) bond motifs is 2. The molecule has 2 fully saturated rings. The van der Waals surface area contributed by atoms with Crippen LogP contribution in [-0.4, -0.2) is 16.6 Å². The van der Waals surface area contributed by atoms with Gasteiger partial charge in [-0.05, 0) is 64.8 Å². The van der Waals surface area contributed by atoms with Gasteiger partial charge < -0.3 is 9.88 Å². The van der Waals surface area contributed by atoms with Crippen molar-refractivity contribution in [3.05, 3.63) is 18.2 Å². The Hall–Kier alpha value is -0.830. The van der Waals surface area contributed by atoms with Gasteiger partial charge in [0.15, 0.2) is 0 Å². The molecule has 1 aromatic rings. The lowest BCUT2D eigenvalue weighted by Gasteiger charge is -2.33. The third-order valence-corrected chi connectivity index (χ3v) is 5.78. The van der Waals surface area contributed by atoms with Crippen molar-refractivity contribution in [2.75, 3.05) is 7.05 Å². The fourth-order valence-electron chi connectivity index (χ4n) is 4.33. The molecule has 2 bridgehead atoms. The van der Waals surface area contributed by atoms with Gasteiger partial charge in [0.25, 0.3) is 0 Å². The molecule has 4 unspecified atom stereocenters. The summed E-state index contributed by atoms with van der Waals surface area (Å²) in [5.74, 6) is 2.84. The van der Waals surface area contributed by atoms with Crippen LogP contribution in [0.3, 0.4) is 0 Å². The Bertz CT molecular complexity index is 449. The molecule has 0 saturated heterocycles. The zero-order valence-corrected chi connectivity index (χ0v) is 12.7. The van der Waals surface area contributed by atoms with E-state index in [2.05, 4.69) is 35.6 Å². The third-order valence-electron chi connectivity index (χ3n) is 5.78. The van der Waals surface area contributed by atoms with Crippen LogP contribution < -0.4 is 5.32 Å². The maximum absolute atomic E-state index is 4.41. The number of hydrogen-bond acceptors (Lipinski definition) is 2. The highest BCUT2D eigenvalue weighted by Gasteiger charge is 2.43. The van der Waals surface area contributed by atoms with E-state index in [4.69, 9.17) is 0 Å². The van der Waals surface area contributed by atoms with Gasteiger partial charge in [0, 0.05) is 6.04 Å². The molecule has 3 nitrogen and oxygen atoms in total. The maximum atomic E-state index is 4.41. The Balaban J connectivity index is 1.85. The lowest BCUT2D eigenvalue weighted by Crippen LogP contribution is -2.37. The van der Waals surface area contributed by atoms with Gasteiger partial charge in [0.05, 0.1) is 23.8 Å².